The molecule has 0 saturated heterocycles. The van der Waals surface area contributed by atoms with Crippen LogP contribution in [0.2, 0.25) is 0 Å². The molecule has 0 bridgehead atoms. The molecule has 2 heterocycles. The van der Waals surface area contributed by atoms with Gasteiger partial charge in [0.25, 0.3) is 0 Å². The van der Waals surface area contributed by atoms with Crippen LogP contribution in [-0.4, -0.2) is 37.7 Å². The van der Waals surface area contributed by atoms with E-state index in [4.69, 9.17) is 10.8 Å². The molecule has 0 spiro atoms. The zero-order chi connectivity index (χ0) is 28.5. The third kappa shape index (κ3) is 7.79. The minimum Gasteiger partial charge on any atom is -0.508 e. The number of carbonyl (C=O) groups excluding carboxylic acids is 2. The number of aromatic nitrogens is 3. The predicted molar refractivity (Wildman–Crippen MR) is 156 cm³/mol. The smallest absolute Gasteiger partial charge is 0.240 e. The van der Waals surface area contributed by atoms with Gasteiger partial charge in [-0.2, -0.15) is 5.10 Å². The number of primary amides is 1. The third-order valence-electron chi connectivity index (χ3n) is 6.91. The maximum Gasteiger partial charge on any atom is 0.240 e. The Morgan fingerprint density at radius 1 is 0.950 bits per heavy atom. The number of aryl methyl sites for hydroxylation is 1. The summed E-state index contributed by atoms with van der Waals surface area (Å²) >= 11 is 0. The Kier molecular flexibility index (Phi) is 9.67. The van der Waals surface area contributed by atoms with Crippen LogP contribution in [0.5, 0.6) is 5.75 Å². The summed E-state index contributed by atoms with van der Waals surface area (Å²) in [5, 5.41) is 17.1. The van der Waals surface area contributed by atoms with Gasteiger partial charge in [-0.15, -0.1) is 0 Å². The van der Waals surface area contributed by atoms with Gasteiger partial charge in [-0.05, 0) is 78.8 Å². The number of hydrogen-bond donors (Lipinski definition) is 3. The minimum absolute atomic E-state index is 0.142. The molecule has 0 saturated carbocycles. The second-order valence-electron chi connectivity index (χ2n) is 10.3. The topological polar surface area (TPSA) is 123 Å². The third-order valence-corrected chi connectivity index (χ3v) is 6.91. The number of rotatable bonds is 13. The number of amides is 2. The van der Waals surface area contributed by atoms with Gasteiger partial charge in [-0.3, -0.25) is 14.6 Å². The molecule has 208 valence electrons. The number of phenolic OH excluding ortho intramolecular Hbond substituents is 1. The molecule has 8 heteroatoms. The number of aromatic hydroxyl groups is 1. The molecule has 2 amide bonds. The second kappa shape index (κ2) is 13.6. The molecule has 8 nitrogen and oxygen atoms in total. The van der Waals surface area contributed by atoms with Gasteiger partial charge < -0.3 is 16.2 Å². The highest BCUT2D eigenvalue weighted by molar-refractivity contribution is 5.86. The lowest BCUT2D eigenvalue weighted by Crippen LogP contribution is -2.45. The zero-order valence-corrected chi connectivity index (χ0v) is 23.1. The molecule has 0 aliphatic rings. The maximum absolute atomic E-state index is 12.5. The Hall–Kier alpha value is -4.46. The Labute approximate surface area is 235 Å². The summed E-state index contributed by atoms with van der Waals surface area (Å²) in [5.41, 5.74) is 11.4. The van der Waals surface area contributed by atoms with E-state index in [2.05, 4.69) is 54.5 Å². The number of nitrogens with two attached hydrogens (primary N) is 1. The quantitative estimate of drug-likeness (QED) is 0.205. The van der Waals surface area contributed by atoms with Gasteiger partial charge in [0, 0.05) is 24.7 Å². The van der Waals surface area contributed by atoms with Crippen molar-refractivity contribution in [3.05, 3.63) is 95.8 Å². The number of phenols is 1. The summed E-state index contributed by atoms with van der Waals surface area (Å²) < 4.78 is 1.99. The van der Waals surface area contributed by atoms with E-state index in [1.807, 2.05) is 22.9 Å². The molecule has 2 aromatic heterocycles. The Morgan fingerprint density at radius 2 is 1.70 bits per heavy atom. The van der Waals surface area contributed by atoms with Crippen LogP contribution in [0.25, 0.3) is 17.1 Å². The average Bonchev–Trinajstić information content (AvgIpc) is 3.38. The van der Waals surface area contributed by atoms with Crippen molar-refractivity contribution in [1.82, 2.24) is 20.1 Å². The average molecular weight is 540 g/mol. The molecular weight excluding hydrogens is 502 g/mol. The van der Waals surface area contributed by atoms with Crippen LogP contribution in [0.15, 0.2) is 79.0 Å². The van der Waals surface area contributed by atoms with E-state index in [9.17, 15) is 14.7 Å². The van der Waals surface area contributed by atoms with E-state index in [0.717, 1.165) is 47.6 Å². The lowest BCUT2D eigenvalue weighted by Gasteiger charge is -2.15. The van der Waals surface area contributed by atoms with Crippen molar-refractivity contribution in [1.29, 1.82) is 0 Å². The first-order chi connectivity index (χ1) is 19.3. The first-order valence-corrected chi connectivity index (χ1v) is 13.8. The van der Waals surface area contributed by atoms with Crippen molar-refractivity contribution in [2.75, 3.05) is 0 Å². The molecule has 4 N–H and O–H groups in total. The Bertz CT molecular complexity index is 1400. The van der Waals surface area contributed by atoms with Gasteiger partial charge in [-0.1, -0.05) is 50.6 Å². The van der Waals surface area contributed by atoms with Crippen molar-refractivity contribution < 1.29 is 14.7 Å². The van der Waals surface area contributed by atoms with Gasteiger partial charge in [0.1, 0.15) is 17.5 Å². The number of unbranched alkanes of at least 4 members (excludes halogenated alkanes) is 2. The standard InChI is InChI=1S/C32H37N5O3/c1-22(2)24-13-15-25(16-14-24)37-26(21-29(36-37)28-9-6-7-19-34-28)8-4-3-5-10-31(39)35-30(32(33)40)20-23-11-17-27(38)18-12-23/h6-7,9,11-19,21-22,30,38H,3-5,8,10,20H2,1-2H3,(H2,33,40)(H,35,39)/t30-/m1/s1. The minimum atomic E-state index is -0.793. The van der Waals surface area contributed by atoms with Gasteiger partial charge in [-0.25, -0.2) is 4.68 Å². The number of carbonyl (C=O) groups is 2. The van der Waals surface area contributed by atoms with E-state index >= 15 is 0 Å². The Morgan fingerprint density at radius 3 is 2.35 bits per heavy atom. The summed E-state index contributed by atoms with van der Waals surface area (Å²) in [6.07, 6.45) is 5.60. The number of nitrogens with zero attached hydrogens (tertiary/aromatic N) is 3. The zero-order valence-electron chi connectivity index (χ0n) is 23.1. The summed E-state index contributed by atoms with van der Waals surface area (Å²) in [6.45, 7) is 4.36. The summed E-state index contributed by atoms with van der Waals surface area (Å²) in [4.78, 5) is 28.9. The lowest BCUT2D eigenvalue weighted by molar-refractivity contribution is -0.127. The SMILES string of the molecule is CC(C)c1ccc(-n2nc(-c3ccccn3)cc2CCCCCC(=O)N[C@H](Cc2ccc(O)cc2)C(N)=O)cc1. The molecule has 2 aromatic carbocycles. The first kappa shape index (κ1) is 28.5. The molecule has 0 aliphatic carbocycles. The summed E-state index contributed by atoms with van der Waals surface area (Å²) in [7, 11) is 0. The van der Waals surface area contributed by atoms with Gasteiger partial charge >= 0.3 is 0 Å². The number of benzene rings is 2. The lowest BCUT2D eigenvalue weighted by atomic mass is 10.0. The van der Waals surface area contributed by atoms with E-state index in [-0.39, 0.29) is 18.1 Å². The van der Waals surface area contributed by atoms with E-state index in [1.165, 1.54) is 5.56 Å². The van der Waals surface area contributed by atoms with Crippen LogP contribution in [-0.2, 0) is 22.4 Å². The largest absolute Gasteiger partial charge is 0.508 e. The van der Waals surface area contributed by atoms with E-state index < -0.39 is 11.9 Å². The highest BCUT2D eigenvalue weighted by Gasteiger charge is 2.19. The summed E-state index contributed by atoms with van der Waals surface area (Å²) in [6, 6.07) is 22.1. The monoisotopic (exact) mass is 539 g/mol. The molecule has 40 heavy (non-hydrogen) atoms. The van der Waals surface area contributed by atoms with Crippen LogP contribution in [0.3, 0.4) is 0 Å². The number of nitrogens with one attached hydrogen (secondary N) is 1. The Balaban J connectivity index is 1.33. The highest BCUT2D eigenvalue weighted by atomic mass is 16.3. The number of hydrogen-bond acceptors (Lipinski definition) is 5. The van der Waals surface area contributed by atoms with Crippen molar-refractivity contribution in [3.8, 4) is 22.8 Å². The van der Waals surface area contributed by atoms with E-state index in [1.54, 1.807) is 30.5 Å². The fourth-order valence-corrected chi connectivity index (χ4v) is 4.59. The van der Waals surface area contributed by atoms with Crippen LogP contribution >= 0.6 is 0 Å². The van der Waals surface area contributed by atoms with Gasteiger partial charge in [0.05, 0.1) is 11.4 Å². The molecule has 4 aromatic rings. The van der Waals surface area contributed by atoms with Crippen LogP contribution in [0.1, 0.15) is 62.3 Å². The maximum atomic E-state index is 12.5. The van der Waals surface area contributed by atoms with E-state index in [0.29, 0.717) is 18.8 Å². The van der Waals surface area contributed by atoms with Crippen molar-refractivity contribution >= 4 is 11.8 Å². The first-order valence-electron chi connectivity index (χ1n) is 13.8. The predicted octanol–water partition coefficient (Wildman–Crippen LogP) is 5.08. The fourth-order valence-electron chi connectivity index (χ4n) is 4.59. The molecule has 1 atom stereocenters. The molecule has 0 aliphatic heterocycles. The van der Waals surface area contributed by atoms with Gasteiger partial charge in [0.15, 0.2) is 0 Å². The van der Waals surface area contributed by atoms with Crippen molar-refractivity contribution in [2.45, 2.75) is 64.3 Å². The molecule has 0 fully saturated rings. The normalized spacial score (nSPS) is 11.9. The fraction of sp³-hybridized carbons (Fsp3) is 0.312. The van der Waals surface area contributed by atoms with Crippen LogP contribution in [0, 0.1) is 0 Å². The van der Waals surface area contributed by atoms with Crippen LogP contribution < -0.4 is 11.1 Å². The number of pyridine rings is 1. The highest BCUT2D eigenvalue weighted by Crippen LogP contribution is 2.23. The summed E-state index contributed by atoms with van der Waals surface area (Å²) in [5.74, 6) is -0.183. The van der Waals surface area contributed by atoms with Crippen LogP contribution in [0.4, 0.5) is 0 Å². The van der Waals surface area contributed by atoms with Crippen molar-refractivity contribution in [2.24, 2.45) is 5.73 Å². The molecule has 0 radical (unpaired) electrons. The molecular formula is C32H37N5O3. The molecule has 0 unspecified atom stereocenters. The van der Waals surface area contributed by atoms with Gasteiger partial charge in [0.2, 0.25) is 11.8 Å². The molecule has 4 rings (SSSR count). The second-order valence-corrected chi connectivity index (χ2v) is 10.3. The van der Waals surface area contributed by atoms with Crippen molar-refractivity contribution in [3.63, 3.8) is 0 Å².